The molecule has 2 aromatic carbocycles. The first-order valence-electron chi connectivity index (χ1n) is 12.4. The van der Waals surface area contributed by atoms with Crippen molar-refractivity contribution in [3.05, 3.63) is 90.4 Å². The van der Waals surface area contributed by atoms with Gasteiger partial charge in [0.2, 0.25) is 11.8 Å². The molecule has 0 aliphatic heterocycles. The van der Waals surface area contributed by atoms with Crippen LogP contribution in [0.15, 0.2) is 84.8 Å². The van der Waals surface area contributed by atoms with Gasteiger partial charge in [-0.3, -0.25) is 14.6 Å². The Morgan fingerprint density at radius 1 is 1.00 bits per heavy atom. The quantitative estimate of drug-likeness (QED) is 0.238. The molecule has 186 valence electrons. The minimum Gasteiger partial charge on any atom is -0.398 e. The first-order valence-corrected chi connectivity index (χ1v) is 12.4. The number of hydrogen-bond acceptors (Lipinski definition) is 5. The highest BCUT2D eigenvalue weighted by Crippen LogP contribution is 2.32. The van der Waals surface area contributed by atoms with Gasteiger partial charge in [-0.2, -0.15) is 0 Å². The van der Waals surface area contributed by atoms with Crippen molar-refractivity contribution >= 4 is 39.8 Å². The molecule has 0 atom stereocenters. The van der Waals surface area contributed by atoms with Crippen LogP contribution in [0.25, 0.3) is 21.9 Å². The Bertz CT molecular complexity index is 1490. The average molecular weight is 492 g/mol. The number of anilines is 3. The zero-order chi connectivity index (χ0) is 25.8. The number of hydrogen-bond donors (Lipinski definition) is 3. The van der Waals surface area contributed by atoms with Crippen molar-refractivity contribution in [1.82, 2.24) is 9.97 Å². The summed E-state index contributed by atoms with van der Waals surface area (Å²) < 4.78 is 0. The third-order valence-electron chi connectivity index (χ3n) is 6.85. The summed E-state index contributed by atoms with van der Waals surface area (Å²) >= 11 is 0. The molecule has 7 heteroatoms. The predicted molar refractivity (Wildman–Crippen MR) is 148 cm³/mol. The summed E-state index contributed by atoms with van der Waals surface area (Å²) in [6.07, 6.45) is 9.80. The summed E-state index contributed by atoms with van der Waals surface area (Å²) in [7, 11) is 0. The molecule has 7 nitrogen and oxygen atoms in total. The molecule has 0 saturated heterocycles. The van der Waals surface area contributed by atoms with Crippen LogP contribution in [0.2, 0.25) is 0 Å². The van der Waals surface area contributed by atoms with E-state index in [0.717, 1.165) is 64.4 Å². The summed E-state index contributed by atoms with van der Waals surface area (Å²) in [6, 6.07) is 17.2. The molecule has 2 heterocycles. The van der Waals surface area contributed by atoms with Crippen molar-refractivity contribution in [2.75, 3.05) is 16.4 Å². The van der Waals surface area contributed by atoms with Crippen LogP contribution in [0.1, 0.15) is 31.2 Å². The molecule has 0 unspecified atom stereocenters. The van der Waals surface area contributed by atoms with E-state index < -0.39 is 0 Å². The van der Waals surface area contributed by atoms with Crippen LogP contribution >= 0.6 is 0 Å². The molecule has 0 radical (unpaired) electrons. The number of nitrogens with zero attached hydrogens (tertiary/aromatic N) is 2. The lowest BCUT2D eigenvalue weighted by Crippen LogP contribution is -2.25. The van der Waals surface area contributed by atoms with Crippen molar-refractivity contribution in [3.63, 3.8) is 0 Å². The number of pyridine rings is 2. The lowest BCUT2D eigenvalue weighted by molar-refractivity contribution is -0.120. The van der Waals surface area contributed by atoms with E-state index in [4.69, 9.17) is 5.73 Å². The summed E-state index contributed by atoms with van der Waals surface area (Å²) in [4.78, 5) is 33.9. The van der Waals surface area contributed by atoms with Crippen molar-refractivity contribution in [2.24, 2.45) is 5.92 Å². The third-order valence-corrected chi connectivity index (χ3v) is 6.85. The highest BCUT2D eigenvalue weighted by molar-refractivity contribution is 6.02. The highest BCUT2D eigenvalue weighted by atomic mass is 16.2. The smallest absolute Gasteiger partial charge is 0.249 e. The van der Waals surface area contributed by atoms with Crippen LogP contribution < -0.4 is 16.4 Å². The Kier molecular flexibility index (Phi) is 6.94. The van der Waals surface area contributed by atoms with Gasteiger partial charge in [0.25, 0.3) is 0 Å². The molecule has 5 rings (SSSR count). The number of carbonyl (C=O) groups excluding carboxylic acids is 2. The Morgan fingerprint density at radius 2 is 1.78 bits per heavy atom. The van der Waals surface area contributed by atoms with E-state index in [1.54, 1.807) is 18.5 Å². The summed E-state index contributed by atoms with van der Waals surface area (Å²) in [5, 5.41) is 7.57. The Balaban J connectivity index is 1.24. The first kappa shape index (κ1) is 24.2. The van der Waals surface area contributed by atoms with Crippen molar-refractivity contribution in [2.45, 2.75) is 32.6 Å². The van der Waals surface area contributed by atoms with Gasteiger partial charge in [-0.25, -0.2) is 4.98 Å². The van der Waals surface area contributed by atoms with Gasteiger partial charge in [0, 0.05) is 52.9 Å². The number of carbonyl (C=O) groups is 2. The number of allylic oxidation sites excluding steroid dienone is 1. The lowest BCUT2D eigenvalue weighted by atomic mass is 9.85. The Morgan fingerprint density at radius 3 is 2.54 bits per heavy atom. The van der Waals surface area contributed by atoms with Gasteiger partial charge in [0.1, 0.15) is 5.82 Å². The van der Waals surface area contributed by atoms with Gasteiger partial charge in [0.15, 0.2) is 0 Å². The van der Waals surface area contributed by atoms with E-state index in [9.17, 15) is 9.59 Å². The third kappa shape index (κ3) is 5.67. The second-order valence-electron chi connectivity index (χ2n) is 9.47. The summed E-state index contributed by atoms with van der Waals surface area (Å²) in [6.45, 7) is 2.03. The maximum Gasteiger partial charge on any atom is 0.249 e. The lowest BCUT2D eigenvalue weighted by Gasteiger charge is -2.23. The standard InChI is InChI=1S/C30H29N5O2/c1-19-11-12-32-17-25(19)22-14-23-16-28(33-18-26(23)27(31)15-22)35-29(36)13-20-7-9-21(10-8-20)30(37)34-24-5-3-2-4-6-24/h2-6,11-18,21H,7-10,31H2,1H3,(H,34,37)(H,33,35,36). The molecular formula is C30H29N5O2. The van der Waals surface area contributed by atoms with Gasteiger partial charge in [0.05, 0.1) is 0 Å². The number of nitrogen functional groups attached to an aromatic ring is 1. The minimum absolute atomic E-state index is 0.0372. The second-order valence-corrected chi connectivity index (χ2v) is 9.47. The number of amides is 2. The van der Waals surface area contributed by atoms with Gasteiger partial charge in [-0.15, -0.1) is 0 Å². The van der Waals surface area contributed by atoms with E-state index in [-0.39, 0.29) is 17.7 Å². The van der Waals surface area contributed by atoms with Crippen LogP contribution in [0.5, 0.6) is 0 Å². The molecule has 1 aliphatic rings. The molecule has 0 spiro atoms. The number of nitrogens with two attached hydrogens (primary N) is 1. The number of aryl methyl sites for hydroxylation is 1. The Hall–Kier alpha value is -4.52. The van der Waals surface area contributed by atoms with Crippen LogP contribution in [-0.4, -0.2) is 21.8 Å². The topological polar surface area (TPSA) is 110 Å². The maximum atomic E-state index is 12.7. The summed E-state index contributed by atoms with van der Waals surface area (Å²) in [5.74, 6) is 0.229. The number of para-hydroxylation sites is 1. The molecule has 1 fully saturated rings. The number of benzene rings is 2. The number of nitrogens with one attached hydrogen (secondary N) is 2. The largest absolute Gasteiger partial charge is 0.398 e. The molecule has 37 heavy (non-hydrogen) atoms. The van der Waals surface area contributed by atoms with Gasteiger partial charge < -0.3 is 16.4 Å². The first-order chi connectivity index (χ1) is 18.0. The molecule has 2 amide bonds. The van der Waals surface area contributed by atoms with Crippen LogP contribution in [0.4, 0.5) is 17.2 Å². The average Bonchev–Trinajstić information content (AvgIpc) is 2.89. The highest BCUT2D eigenvalue weighted by Gasteiger charge is 2.23. The maximum absolute atomic E-state index is 12.7. The van der Waals surface area contributed by atoms with Crippen molar-refractivity contribution in [3.8, 4) is 11.1 Å². The van der Waals surface area contributed by atoms with Crippen molar-refractivity contribution < 1.29 is 9.59 Å². The zero-order valence-corrected chi connectivity index (χ0v) is 20.7. The van der Waals surface area contributed by atoms with Crippen LogP contribution in [0.3, 0.4) is 0 Å². The predicted octanol–water partition coefficient (Wildman–Crippen LogP) is 5.88. The Labute approximate surface area is 215 Å². The van der Waals surface area contributed by atoms with Gasteiger partial charge in [-0.1, -0.05) is 23.8 Å². The molecule has 2 aromatic heterocycles. The van der Waals surface area contributed by atoms with Crippen LogP contribution in [0, 0.1) is 12.8 Å². The molecule has 0 bridgehead atoms. The summed E-state index contributed by atoms with van der Waals surface area (Å²) in [5.41, 5.74) is 11.9. The minimum atomic E-state index is -0.221. The number of fused-ring (bicyclic) bond motifs is 1. The normalized spacial score (nSPS) is 15.3. The fraction of sp³-hybridized carbons (Fsp3) is 0.200. The molecule has 4 aromatic rings. The molecule has 1 aliphatic carbocycles. The van der Waals surface area contributed by atoms with Crippen LogP contribution in [-0.2, 0) is 9.59 Å². The van der Waals surface area contributed by atoms with Gasteiger partial charge >= 0.3 is 0 Å². The molecular weight excluding hydrogens is 462 g/mol. The number of rotatable bonds is 5. The second kappa shape index (κ2) is 10.6. The van der Waals surface area contributed by atoms with E-state index in [1.807, 2.05) is 67.7 Å². The zero-order valence-electron chi connectivity index (χ0n) is 20.7. The van der Waals surface area contributed by atoms with Gasteiger partial charge in [-0.05, 0) is 85.5 Å². The molecule has 1 saturated carbocycles. The van der Waals surface area contributed by atoms with E-state index in [1.165, 1.54) is 0 Å². The SMILES string of the molecule is Cc1ccncc1-c1cc(N)c2cnc(NC(=O)C=C3CCC(C(=O)Nc4ccccc4)CC3)cc2c1. The van der Waals surface area contributed by atoms with E-state index >= 15 is 0 Å². The number of aromatic nitrogens is 2. The monoisotopic (exact) mass is 491 g/mol. The fourth-order valence-electron chi connectivity index (χ4n) is 4.78. The van der Waals surface area contributed by atoms with E-state index in [0.29, 0.717) is 11.5 Å². The molecule has 4 N–H and O–H groups in total. The van der Waals surface area contributed by atoms with E-state index in [2.05, 4.69) is 20.6 Å². The van der Waals surface area contributed by atoms with Crippen molar-refractivity contribution in [1.29, 1.82) is 0 Å². The fourth-order valence-corrected chi connectivity index (χ4v) is 4.78.